The molecule has 0 unspecified atom stereocenters. The normalized spacial score (nSPS) is 26.7. The van der Waals surface area contributed by atoms with E-state index in [1.54, 1.807) is 0 Å². The second kappa shape index (κ2) is 12.2. The number of halogens is 3. The van der Waals surface area contributed by atoms with Crippen molar-refractivity contribution in [3.05, 3.63) is 24.0 Å². The molecule has 2 aliphatic rings. The van der Waals surface area contributed by atoms with E-state index in [9.17, 15) is 13.2 Å². The van der Waals surface area contributed by atoms with E-state index < -0.39 is 18.3 Å². The molecule has 0 bridgehead atoms. The Kier molecular flexibility index (Phi) is 9.57. The molecule has 32 heavy (non-hydrogen) atoms. The third-order valence-electron chi connectivity index (χ3n) is 6.90. The largest absolute Gasteiger partial charge is 0.491 e. The van der Waals surface area contributed by atoms with Gasteiger partial charge in [0, 0.05) is 19.1 Å². The van der Waals surface area contributed by atoms with Crippen LogP contribution in [0.5, 0.6) is 11.5 Å². The summed E-state index contributed by atoms with van der Waals surface area (Å²) in [7, 11) is 0. The first-order valence-corrected chi connectivity index (χ1v) is 12.4. The fraction of sp³-hybridized carbons (Fsp3) is 0.769. The lowest BCUT2D eigenvalue weighted by atomic mass is 9.79. The van der Waals surface area contributed by atoms with E-state index in [1.807, 2.05) is 6.92 Å². The molecule has 2 aliphatic carbocycles. The highest BCUT2D eigenvalue weighted by Gasteiger charge is 2.35. The quantitative estimate of drug-likeness (QED) is 0.347. The SMILES string of the molecule is CCCOc1ccc(OCC(F)(F)CC2CCC(COC3CCC(C)CC3)CC2)cc1F. The van der Waals surface area contributed by atoms with Crippen molar-refractivity contribution >= 4 is 0 Å². The Balaban J connectivity index is 1.35. The molecule has 0 heterocycles. The Morgan fingerprint density at radius 1 is 0.938 bits per heavy atom. The van der Waals surface area contributed by atoms with Gasteiger partial charge in [0.2, 0.25) is 0 Å². The molecule has 3 rings (SSSR count). The van der Waals surface area contributed by atoms with Gasteiger partial charge in [-0.1, -0.05) is 13.8 Å². The van der Waals surface area contributed by atoms with Crippen LogP contribution in [-0.4, -0.2) is 31.8 Å². The van der Waals surface area contributed by atoms with Crippen LogP contribution in [0.25, 0.3) is 0 Å². The summed E-state index contributed by atoms with van der Waals surface area (Å²) in [6, 6.07) is 4.01. The smallest absolute Gasteiger partial charge is 0.281 e. The van der Waals surface area contributed by atoms with E-state index >= 15 is 0 Å². The zero-order valence-corrected chi connectivity index (χ0v) is 19.6. The highest BCUT2D eigenvalue weighted by molar-refractivity contribution is 5.33. The lowest BCUT2D eigenvalue weighted by Gasteiger charge is -2.32. The average Bonchev–Trinajstić information content (AvgIpc) is 2.77. The van der Waals surface area contributed by atoms with Crippen molar-refractivity contribution in [3.8, 4) is 11.5 Å². The molecule has 1 aromatic rings. The molecule has 0 atom stereocenters. The van der Waals surface area contributed by atoms with Gasteiger partial charge in [0.05, 0.1) is 12.7 Å². The van der Waals surface area contributed by atoms with Gasteiger partial charge in [0.25, 0.3) is 5.92 Å². The average molecular weight is 457 g/mol. The number of hydrogen-bond acceptors (Lipinski definition) is 3. The molecule has 2 saturated carbocycles. The second-order valence-corrected chi connectivity index (χ2v) is 9.89. The van der Waals surface area contributed by atoms with Crippen LogP contribution in [0.1, 0.15) is 78.1 Å². The summed E-state index contributed by atoms with van der Waals surface area (Å²) in [6.07, 6.45) is 9.30. The van der Waals surface area contributed by atoms with Crippen LogP contribution in [0.2, 0.25) is 0 Å². The molecular formula is C26H39F3O3. The maximum Gasteiger partial charge on any atom is 0.281 e. The minimum Gasteiger partial charge on any atom is -0.491 e. The standard InChI is InChI=1S/C26H39F3O3/c1-3-14-30-25-13-12-23(15-24(25)27)32-18-26(28,29)16-20-6-8-21(9-7-20)17-31-22-10-4-19(2)5-11-22/h12-13,15,19-22H,3-11,14,16-18H2,1-2H3. The Bertz CT molecular complexity index is 681. The molecule has 3 nitrogen and oxygen atoms in total. The lowest BCUT2D eigenvalue weighted by molar-refractivity contribution is -0.0667. The van der Waals surface area contributed by atoms with Gasteiger partial charge in [0.15, 0.2) is 18.2 Å². The molecule has 0 amide bonds. The molecular weight excluding hydrogens is 417 g/mol. The molecule has 0 radical (unpaired) electrons. The van der Waals surface area contributed by atoms with Crippen molar-refractivity contribution in [3.63, 3.8) is 0 Å². The maximum absolute atomic E-state index is 14.5. The summed E-state index contributed by atoms with van der Waals surface area (Å²) in [4.78, 5) is 0. The zero-order valence-electron chi connectivity index (χ0n) is 19.6. The Hall–Kier alpha value is -1.43. The van der Waals surface area contributed by atoms with E-state index in [2.05, 4.69) is 6.92 Å². The van der Waals surface area contributed by atoms with Crippen LogP contribution < -0.4 is 9.47 Å². The molecule has 182 valence electrons. The third kappa shape index (κ3) is 8.17. The van der Waals surface area contributed by atoms with Crippen LogP contribution in [0.3, 0.4) is 0 Å². The van der Waals surface area contributed by atoms with Gasteiger partial charge in [0.1, 0.15) is 5.75 Å². The summed E-state index contributed by atoms with van der Waals surface area (Å²) >= 11 is 0. The highest BCUT2D eigenvalue weighted by atomic mass is 19.3. The Morgan fingerprint density at radius 2 is 1.62 bits per heavy atom. The van der Waals surface area contributed by atoms with Gasteiger partial charge in [-0.3, -0.25) is 0 Å². The van der Waals surface area contributed by atoms with Crippen LogP contribution in [-0.2, 0) is 4.74 Å². The molecule has 0 saturated heterocycles. The van der Waals surface area contributed by atoms with Crippen molar-refractivity contribution in [1.82, 2.24) is 0 Å². The van der Waals surface area contributed by atoms with E-state index in [4.69, 9.17) is 14.2 Å². The number of rotatable bonds is 11. The highest BCUT2D eigenvalue weighted by Crippen LogP contribution is 2.37. The molecule has 0 spiro atoms. The number of ether oxygens (including phenoxy) is 3. The summed E-state index contributed by atoms with van der Waals surface area (Å²) in [6.45, 7) is 4.67. The van der Waals surface area contributed by atoms with Crippen molar-refractivity contribution < 1.29 is 27.4 Å². The minimum atomic E-state index is -2.93. The molecule has 0 N–H and O–H groups in total. The fourth-order valence-electron chi connectivity index (χ4n) is 4.84. The van der Waals surface area contributed by atoms with Gasteiger partial charge < -0.3 is 14.2 Å². The molecule has 0 aliphatic heterocycles. The predicted octanol–water partition coefficient (Wildman–Crippen LogP) is 7.42. The Labute approximate surface area is 191 Å². The number of benzene rings is 1. The van der Waals surface area contributed by atoms with Gasteiger partial charge in [-0.25, -0.2) is 13.2 Å². The topological polar surface area (TPSA) is 27.7 Å². The van der Waals surface area contributed by atoms with Gasteiger partial charge in [-0.2, -0.15) is 0 Å². The van der Waals surface area contributed by atoms with Crippen LogP contribution in [0.4, 0.5) is 13.2 Å². The monoisotopic (exact) mass is 456 g/mol. The van der Waals surface area contributed by atoms with Crippen LogP contribution >= 0.6 is 0 Å². The van der Waals surface area contributed by atoms with Gasteiger partial charge >= 0.3 is 0 Å². The van der Waals surface area contributed by atoms with E-state index in [1.165, 1.54) is 25.0 Å². The van der Waals surface area contributed by atoms with E-state index in [0.29, 0.717) is 18.6 Å². The van der Waals surface area contributed by atoms with Gasteiger partial charge in [-0.15, -0.1) is 0 Å². The van der Waals surface area contributed by atoms with Crippen molar-refractivity contribution in [1.29, 1.82) is 0 Å². The molecule has 6 heteroatoms. The maximum atomic E-state index is 14.5. The number of alkyl halides is 2. The summed E-state index contributed by atoms with van der Waals surface area (Å²) in [5, 5.41) is 0. The zero-order chi connectivity index (χ0) is 23.0. The third-order valence-corrected chi connectivity index (χ3v) is 6.90. The summed E-state index contributed by atoms with van der Waals surface area (Å²) < 4.78 is 59.6. The molecule has 1 aromatic carbocycles. The lowest BCUT2D eigenvalue weighted by Crippen LogP contribution is -2.31. The molecule has 2 fully saturated rings. The number of hydrogen-bond donors (Lipinski definition) is 0. The van der Waals surface area contributed by atoms with E-state index in [-0.39, 0.29) is 23.8 Å². The van der Waals surface area contributed by atoms with Crippen LogP contribution in [0.15, 0.2) is 18.2 Å². The van der Waals surface area contributed by atoms with Crippen LogP contribution in [0, 0.1) is 23.6 Å². The fourth-order valence-corrected chi connectivity index (χ4v) is 4.84. The van der Waals surface area contributed by atoms with Gasteiger partial charge in [-0.05, 0) is 87.7 Å². The van der Waals surface area contributed by atoms with Crippen molar-refractivity contribution in [2.24, 2.45) is 17.8 Å². The summed E-state index contributed by atoms with van der Waals surface area (Å²) in [5.41, 5.74) is 0. The van der Waals surface area contributed by atoms with Crippen molar-refractivity contribution in [2.75, 3.05) is 19.8 Å². The van der Waals surface area contributed by atoms with E-state index in [0.717, 1.165) is 63.5 Å². The minimum absolute atomic E-state index is 0.00179. The summed E-state index contributed by atoms with van der Waals surface area (Å²) in [5.74, 6) is -2.00. The first-order valence-electron chi connectivity index (χ1n) is 12.4. The first kappa shape index (κ1) is 25.2. The Morgan fingerprint density at radius 3 is 2.28 bits per heavy atom. The molecule has 0 aromatic heterocycles. The van der Waals surface area contributed by atoms with Crippen molar-refractivity contribution in [2.45, 2.75) is 90.1 Å². The first-order chi connectivity index (χ1) is 15.3. The second-order valence-electron chi connectivity index (χ2n) is 9.89. The predicted molar refractivity (Wildman–Crippen MR) is 120 cm³/mol.